The molecule has 0 saturated carbocycles. The van der Waals surface area contributed by atoms with Crippen molar-refractivity contribution in [1.82, 2.24) is 24.6 Å². The van der Waals surface area contributed by atoms with E-state index in [9.17, 15) is 14.4 Å². The van der Waals surface area contributed by atoms with Gasteiger partial charge in [-0.3, -0.25) is 19.2 Å². The number of hydrogen-bond donors (Lipinski definition) is 1. The topological polar surface area (TPSA) is 105 Å². The van der Waals surface area contributed by atoms with Crippen molar-refractivity contribution in [2.24, 2.45) is 7.05 Å². The minimum absolute atomic E-state index is 0.0631. The highest BCUT2D eigenvalue weighted by molar-refractivity contribution is 6.07. The minimum atomic E-state index is -0.625. The first kappa shape index (κ1) is 24.9. The Morgan fingerprint density at radius 3 is 2.47 bits per heavy atom. The minimum Gasteiger partial charge on any atom is -0.355 e. The number of halogens is 1. The summed E-state index contributed by atoms with van der Waals surface area (Å²) >= 11 is 0. The van der Waals surface area contributed by atoms with Crippen LogP contribution in [0.5, 0.6) is 0 Å². The average Bonchev–Trinajstić information content (AvgIpc) is 3.41. The summed E-state index contributed by atoms with van der Waals surface area (Å²) in [7, 11) is 3.15. The predicted octanol–water partition coefficient (Wildman–Crippen LogP) is 3.28. The second kappa shape index (κ2) is 9.58. The van der Waals surface area contributed by atoms with Crippen LogP contribution in [0.15, 0.2) is 65.7 Å². The lowest BCUT2D eigenvalue weighted by Crippen LogP contribution is -2.34. The van der Waals surface area contributed by atoms with Crippen LogP contribution in [-0.4, -0.2) is 50.9 Å². The fraction of sp³-hybridized carbons (Fsp3) is 0.222. The van der Waals surface area contributed by atoms with Crippen molar-refractivity contribution >= 4 is 23.4 Å². The maximum absolute atomic E-state index is 15.9. The molecule has 1 N–H and O–H groups in total. The van der Waals surface area contributed by atoms with Crippen molar-refractivity contribution in [2.45, 2.75) is 19.9 Å². The fourth-order valence-electron chi connectivity index (χ4n) is 4.59. The molecule has 2 aromatic heterocycles. The highest BCUT2D eigenvalue weighted by Crippen LogP contribution is 2.34. The molecule has 10 nitrogen and oxygen atoms in total. The van der Waals surface area contributed by atoms with Crippen molar-refractivity contribution in [3.63, 3.8) is 0 Å². The van der Waals surface area contributed by atoms with Gasteiger partial charge in [-0.25, -0.2) is 19.0 Å². The number of amides is 3. The van der Waals surface area contributed by atoms with Gasteiger partial charge in [0.2, 0.25) is 0 Å². The number of nitrogens with one attached hydrogen (secondary N) is 1. The van der Waals surface area contributed by atoms with Crippen LogP contribution in [0.4, 0.5) is 20.7 Å². The molecule has 1 atom stereocenters. The van der Waals surface area contributed by atoms with E-state index in [2.05, 4.69) is 15.4 Å². The van der Waals surface area contributed by atoms with Crippen LogP contribution in [0.1, 0.15) is 23.0 Å². The van der Waals surface area contributed by atoms with Gasteiger partial charge in [-0.15, -0.1) is 0 Å². The maximum Gasteiger partial charge on any atom is 0.350 e. The number of carbonyl (C=O) groups excluding carboxylic acids is 2. The van der Waals surface area contributed by atoms with Gasteiger partial charge in [0.25, 0.3) is 5.91 Å². The Balaban J connectivity index is 1.48. The van der Waals surface area contributed by atoms with E-state index in [0.29, 0.717) is 28.2 Å². The highest BCUT2D eigenvalue weighted by atomic mass is 19.1. The molecule has 3 heterocycles. The van der Waals surface area contributed by atoms with E-state index in [1.54, 1.807) is 68.6 Å². The fourth-order valence-corrected chi connectivity index (χ4v) is 4.59. The van der Waals surface area contributed by atoms with Gasteiger partial charge < -0.3 is 5.32 Å². The zero-order valence-corrected chi connectivity index (χ0v) is 21.3. The molecule has 1 aliphatic heterocycles. The van der Waals surface area contributed by atoms with Crippen molar-refractivity contribution < 1.29 is 14.0 Å². The van der Waals surface area contributed by atoms with Crippen LogP contribution in [0.2, 0.25) is 0 Å². The first-order chi connectivity index (χ1) is 18.2. The molecule has 5 rings (SSSR count). The van der Waals surface area contributed by atoms with Gasteiger partial charge in [-0.1, -0.05) is 18.2 Å². The molecule has 0 bridgehead atoms. The lowest BCUT2D eigenvalue weighted by atomic mass is 10.0. The van der Waals surface area contributed by atoms with Crippen molar-refractivity contribution in [1.29, 1.82) is 0 Å². The van der Waals surface area contributed by atoms with Crippen LogP contribution in [0.3, 0.4) is 0 Å². The Bertz CT molecular complexity index is 1610. The number of aromatic nitrogens is 4. The molecule has 3 amide bonds. The number of carbonyl (C=O) groups is 2. The van der Waals surface area contributed by atoms with Gasteiger partial charge in [0, 0.05) is 43.1 Å². The van der Waals surface area contributed by atoms with Gasteiger partial charge in [0.1, 0.15) is 6.33 Å². The summed E-state index contributed by atoms with van der Waals surface area (Å²) in [5, 5.41) is 6.64. The van der Waals surface area contributed by atoms with E-state index in [-0.39, 0.29) is 35.6 Å². The van der Waals surface area contributed by atoms with Gasteiger partial charge >= 0.3 is 11.7 Å². The third kappa shape index (κ3) is 4.21. The lowest BCUT2D eigenvalue weighted by molar-refractivity contribution is 0.0963. The number of nitrogens with zero attached hydrogens (tertiary/aromatic N) is 6. The molecule has 0 unspecified atom stereocenters. The van der Waals surface area contributed by atoms with Crippen LogP contribution in [0, 0.1) is 12.7 Å². The smallest absolute Gasteiger partial charge is 0.350 e. The van der Waals surface area contributed by atoms with Gasteiger partial charge in [0.05, 0.1) is 11.7 Å². The number of rotatable bonds is 5. The molecule has 11 heteroatoms. The number of urea groups is 1. The van der Waals surface area contributed by atoms with Gasteiger partial charge in [0.15, 0.2) is 11.6 Å². The molecule has 194 valence electrons. The zero-order chi connectivity index (χ0) is 27.1. The van der Waals surface area contributed by atoms with Crippen molar-refractivity contribution in [2.75, 3.05) is 23.4 Å². The van der Waals surface area contributed by atoms with Crippen LogP contribution in [0.25, 0.3) is 16.8 Å². The van der Waals surface area contributed by atoms with E-state index in [4.69, 9.17) is 0 Å². The Morgan fingerprint density at radius 1 is 1.08 bits per heavy atom. The number of hydrogen-bond acceptors (Lipinski definition) is 5. The summed E-state index contributed by atoms with van der Waals surface area (Å²) in [6.45, 7) is 3.82. The maximum atomic E-state index is 15.9. The molecule has 4 aromatic rings. The molecular weight excluding hydrogens is 489 g/mol. The van der Waals surface area contributed by atoms with E-state index < -0.39 is 11.8 Å². The highest BCUT2D eigenvalue weighted by Gasteiger charge is 2.39. The number of benzene rings is 2. The van der Waals surface area contributed by atoms with E-state index in [0.717, 1.165) is 0 Å². The Kier molecular flexibility index (Phi) is 6.27. The zero-order valence-electron chi connectivity index (χ0n) is 21.3. The summed E-state index contributed by atoms with van der Waals surface area (Å²) < 4.78 is 18.5. The average molecular weight is 516 g/mol. The van der Waals surface area contributed by atoms with Gasteiger partial charge in [-0.05, 0) is 55.8 Å². The van der Waals surface area contributed by atoms with E-state index in [1.807, 2.05) is 6.92 Å². The molecule has 1 aliphatic rings. The van der Waals surface area contributed by atoms with Crippen molar-refractivity contribution in [3.8, 4) is 16.8 Å². The summed E-state index contributed by atoms with van der Waals surface area (Å²) in [5.41, 5.74) is 2.61. The Morgan fingerprint density at radius 2 is 1.82 bits per heavy atom. The Labute approximate surface area is 217 Å². The molecule has 38 heavy (non-hydrogen) atoms. The number of anilines is 2. The molecule has 1 saturated heterocycles. The summed E-state index contributed by atoms with van der Waals surface area (Å²) in [6.07, 6.45) is 1.42. The summed E-state index contributed by atoms with van der Waals surface area (Å²) in [5.74, 6) is -0.954. The molecule has 0 aliphatic carbocycles. The van der Waals surface area contributed by atoms with Crippen molar-refractivity contribution in [3.05, 3.63) is 88.5 Å². The monoisotopic (exact) mass is 515 g/mol. The Hall–Kier alpha value is -4.80. The third-order valence-corrected chi connectivity index (χ3v) is 6.51. The largest absolute Gasteiger partial charge is 0.355 e. The quantitative estimate of drug-likeness (QED) is 0.439. The predicted molar refractivity (Wildman–Crippen MR) is 141 cm³/mol. The molecular formula is C27H26FN7O3. The number of pyridine rings is 1. The summed E-state index contributed by atoms with van der Waals surface area (Å²) in [6, 6.07) is 14.4. The normalized spacial score (nSPS) is 15.3. The summed E-state index contributed by atoms with van der Waals surface area (Å²) in [4.78, 5) is 45.1. The number of aryl methyl sites for hydroxylation is 2. The van der Waals surface area contributed by atoms with Crippen LogP contribution < -0.4 is 20.8 Å². The lowest BCUT2D eigenvalue weighted by Gasteiger charge is -2.22. The second-order valence-corrected chi connectivity index (χ2v) is 9.17. The second-order valence-electron chi connectivity index (χ2n) is 9.17. The molecule has 1 fully saturated rings. The SMILES string of the molecule is CNC(=O)c1cccc(N2C(=O)N(c3nc(C)cc(-c4ccc(-n5ncn(C)c5=O)cc4)c3F)C[C@@H]2C)c1. The third-order valence-electron chi connectivity index (χ3n) is 6.51. The van der Waals surface area contributed by atoms with Crippen LogP contribution in [-0.2, 0) is 7.05 Å². The molecule has 2 aromatic carbocycles. The molecule has 0 spiro atoms. The van der Waals surface area contributed by atoms with E-state index >= 15 is 4.39 Å². The first-order valence-electron chi connectivity index (χ1n) is 12.0. The van der Waals surface area contributed by atoms with Crippen LogP contribution >= 0.6 is 0 Å². The molecule has 0 radical (unpaired) electrons. The van der Waals surface area contributed by atoms with Gasteiger partial charge in [-0.2, -0.15) is 9.78 Å². The van der Waals surface area contributed by atoms with E-state index in [1.165, 1.54) is 32.4 Å². The first-order valence-corrected chi connectivity index (χ1v) is 12.0. The standard InChI is InChI=1S/C27H26FN7O3/c1-16-12-22(18-8-10-20(11-9-18)35-26(37)32(4)15-30-35)23(28)24(31-16)33-14-17(2)34(27(33)38)21-7-5-6-19(13-21)25(36)29-3/h5-13,15,17H,14H2,1-4H3,(H,29,36)/t17-/m0/s1.